The lowest BCUT2D eigenvalue weighted by atomic mass is 9.82. The van der Waals surface area contributed by atoms with Gasteiger partial charge in [0.05, 0.1) is 0 Å². The predicted octanol–water partition coefficient (Wildman–Crippen LogP) is 2.43. The number of amidine groups is 1. The lowest BCUT2D eigenvalue weighted by Crippen LogP contribution is -2.41. The molecule has 1 saturated carbocycles. The summed E-state index contributed by atoms with van der Waals surface area (Å²) in [6.45, 7) is 7.74. The highest BCUT2D eigenvalue weighted by molar-refractivity contribution is 5.82. The molecule has 3 N–H and O–H groups in total. The third-order valence-electron chi connectivity index (χ3n) is 4.03. The Morgan fingerprint density at radius 1 is 1.35 bits per heavy atom. The first-order valence-corrected chi connectivity index (χ1v) is 7.69. The van der Waals surface area contributed by atoms with Crippen molar-refractivity contribution in [2.75, 3.05) is 13.1 Å². The van der Waals surface area contributed by atoms with Gasteiger partial charge in [0.25, 0.3) is 0 Å². The molecule has 0 heterocycles. The summed E-state index contributed by atoms with van der Waals surface area (Å²) in [7, 11) is 0. The topological polar surface area (TPSA) is 78.9 Å². The van der Waals surface area contributed by atoms with Gasteiger partial charge >= 0.3 is 0 Å². The fourth-order valence-electron chi connectivity index (χ4n) is 2.80. The Labute approximate surface area is 122 Å². The third-order valence-corrected chi connectivity index (χ3v) is 4.03. The Morgan fingerprint density at radius 3 is 2.45 bits per heavy atom. The molecule has 0 radical (unpaired) electrons. The van der Waals surface area contributed by atoms with Crippen LogP contribution in [0.5, 0.6) is 0 Å². The van der Waals surface area contributed by atoms with Crippen molar-refractivity contribution in [1.82, 2.24) is 4.90 Å². The summed E-state index contributed by atoms with van der Waals surface area (Å²) < 4.78 is 0. The van der Waals surface area contributed by atoms with Crippen LogP contribution in [0.3, 0.4) is 0 Å². The van der Waals surface area contributed by atoms with Gasteiger partial charge in [-0.1, -0.05) is 25.9 Å². The van der Waals surface area contributed by atoms with Crippen LogP contribution in [0.1, 0.15) is 52.9 Å². The van der Waals surface area contributed by atoms with Crippen LogP contribution in [-0.2, 0) is 4.79 Å². The van der Waals surface area contributed by atoms with Crippen LogP contribution in [0, 0.1) is 17.8 Å². The van der Waals surface area contributed by atoms with Crippen molar-refractivity contribution in [3.05, 3.63) is 0 Å². The van der Waals surface area contributed by atoms with E-state index in [4.69, 9.17) is 10.9 Å². The SMILES string of the molecule is CC(C)CN(CCC(N)=NO)C(=O)C1CCC(C)CC1. The van der Waals surface area contributed by atoms with Crippen LogP contribution in [-0.4, -0.2) is 34.9 Å². The molecule has 1 fully saturated rings. The quantitative estimate of drug-likeness (QED) is 0.340. The maximum absolute atomic E-state index is 12.6. The summed E-state index contributed by atoms with van der Waals surface area (Å²) in [5.41, 5.74) is 5.51. The van der Waals surface area contributed by atoms with E-state index in [1.165, 1.54) is 0 Å². The summed E-state index contributed by atoms with van der Waals surface area (Å²) in [6.07, 6.45) is 4.72. The number of carbonyl (C=O) groups is 1. The number of hydrogen-bond donors (Lipinski definition) is 2. The number of rotatable bonds is 6. The molecular formula is C15H29N3O2. The van der Waals surface area contributed by atoms with Crippen LogP contribution in [0.2, 0.25) is 0 Å². The molecule has 5 heteroatoms. The third kappa shape index (κ3) is 5.39. The standard InChI is InChI=1S/C15H29N3O2/c1-11(2)10-18(9-8-14(16)17-20)15(19)13-6-4-12(3)5-7-13/h11-13,20H,4-10H2,1-3H3,(H2,16,17). The van der Waals surface area contributed by atoms with Gasteiger partial charge in [-0.3, -0.25) is 4.79 Å². The van der Waals surface area contributed by atoms with Gasteiger partial charge in [-0.25, -0.2) is 0 Å². The van der Waals surface area contributed by atoms with Gasteiger partial charge in [0, 0.05) is 25.4 Å². The molecule has 20 heavy (non-hydrogen) atoms. The maximum atomic E-state index is 12.6. The lowest BCUT2D eigenvalue weighted by molar-refractivity contribution is -0.137. The molecule has 1 aliphatic rings. The first-order valence-electron chi connectivity index (χ1n) is 7.69. The Balaban J connectivity index is 2.59. The van der Waals surface area contributed by atoms with E-state index in [9.17, 15) is 4.79 Å². The molecule has 0 aliphatic heterocycles. The van der Waals surface area contributed by atoms with Gasteiger partial charge < -0.3 is 15.8 Å². The minimum Gasteiger partial charge on any atom is -0.409 e. The smallest absolute Gasteiger partial charge is 0.225 e. The van der Waals surface area contributed by atoms with Crippen molar-refractivity contribution < 1.29 is 10.0 Å². The number of amides is 1. The van der Waals surface area contributed by atoms with Crippen molar-refractivity contribution >= 4 is 11.7 Å². The van der Waals surface area contributed by atoms with Gasteiger partial charge in [-0.15, -0.1) is 0 Å². The summed E-state index contributed by atoms with van der Waals surface area (Å²) >= 11 is 0. The molecule has 0 spiro atoms. The molecule has 0 aromatic carbocycles. The number of nitrogens with zero attached hydrogens (tertiary/aromatic N) is 2. The predicted molar refractivity (Wildman–Crippen MR) is 80.6 cm³/mol. The van der Waals surface area contributed by atoms with E-state index in [-0.39, 0.29) is 17.7 Å². The molecule has 0 aromatic heterocycles. The highest BCUT2D eigenvalue weighted by Crippen LogP contribution is 2.29. The summed E-state index contributed by atoms with van der Waals surface area (Å²) in [5, 5.41) is 11.6. The van der Waals surface area contributed by atoms with E-state index >= 15 is 0 Å². The normalized spacial score (nSPS) is 23.9. The van der Waals surface area contributed by atoms with E-state index in [2.05, 4.69) is 25.9 Å². The molecule has 0 unspecified atom stereocenters. The van der Waals surface area contributed by atoms with Crippen molar-refractivity contribution in [1.29, 1.82) is 0 Å². The highest BCUT2D eigenvalue weighted by Gasteiger charge is 2.28. The first-order chi connectivity index (χ1) is 9.43. The maximum Gasteiger partial charge on any atom is 0.225 e. The largest absolute Gasteiger partial charge is 0.409 e. The Morgan fingerprint density at radius 2 is 1.95 bits per heavy atom. The van der Waals surface area contributed by atoms with Crippen LogP contribution < -0.4 is 5.73 Å². The Hall–Kier alpha value is -1.26. The van der Waals surface area contributed by atoms with Crippen molar-refractivity contribution in [3.8, 4) is 0 Å². The fraction of sp³-hybridized carbons (Fsp3) is 0.867. The van der Waals surface area contributed by atoms with Crippen LogP contribution in [0.15, 0.2) is 5.16 Å². The molecule has 5 nitrogen and oxygen atoms in total. The molecule has 1 aliphatic carbocycles. The van der Waals surface area contributed by atoms with Crippen LogP contribution in [0.25, 0.3) is 0 Å². The van der Waals surface area contributed by atoms with E-state index in [0.717, 1.165) is 38.1 Å². The molecule has 0 bridgehead atoms. The molecule has 116 valence electrons. The van der Waals surface area contributed by atoms with Crippen LogP contribution >= 0.6 is 0 Å². The fourth-order valence-corrected chi connectivity index (χ4v) is 2.80. The van der Waals surface area contributed by atoms with E-state index < -0.39 is 0 Å². The second-order valence-corrected chi connectivity index (χ2v) is 6.48. The summed E-state index contributed by atoms with van der Waals surface area (Å²) in [5.74, 6) is 1.76. The number of oxime groups is 1. The average Bonchev–Trinajstić information content (AvgIpc) is 2.42. The highest BCUT2D eigenvalue weighted by atomic mass is 16.4. The van der Waals surface area contributed by atoms with E-state index in [1.54, 1.807) is 0 Å². The Bertz CT molecular complexity index is 334. The molecule has 1 rings (SSSR count). The zero-order valence-corrected chi connectivity index (χ0v) is 13.0. The van der Waals surface area contributed by atoms with Crippen molar-refractivity contribution in [2.45, 2.75) is 52.9 Å². The van der Waals surface area contributed by atoms with E-state index in [0.29, 0.717) is 18.9 Å². The van der Waals surface area contributed by atoms with Gasteiger partial charge in [-0.05, 0) is 37.5 Å². The monoisotopic (exact) mass is 283 g/mol. The number of nitrogens with two attached hydrogens (primary N) is 1. The second kappa shape index (κ2) is 8.12. The average molecular weight is 283 g/mol. The van der Waals surface area contributed by atoms with Gasteiger partial charge in [0.15, 0.2) is 0 Å². The minimum absolute atomic E-state index is 0.164. The van der Waals surface area contributed by atoms with Crippen molar-refractivity contribution in [3.63, 3.8) is 0 Å². The molecule has 0 saturated heterocycles. The molecule has 0 aromatic rings. The summed E-state index contributed by atoms with van der Waals surface area (Å²) in [4.78, 5) is 14.5. The zero-order chi connectivity index (χ0) is 15.1. The molecule has 1 amide bonds. The van der Waals surface area contributed by atoms with Gasteiger partial charge in [0.1, 0.15) is 5.84 Å². The lowest BCUT2D eigenvalue weighted by Gasteiger charge is -2.32. The number of hydrogen-bond acceptors (Lipinski definition) is 3. The van der Waals surface area contributed by atoms with Gasteiger partial charge in [-0.2, -0.15) is 0 Å². The summed E-state index contributed by atoms with van der Waals surface area (Å²) in [6, 6.07) is 0. The van der Waals surface area contributed by atoms with E-state index in [1.807, 2.05) is 4.90 Å². The van der Waals surface area contributed by atoms with Gasteiger partial charge in [0.2, 0.25) is 5.91 Å². The van der Waals surface area contributed by atoms with Crippen LogP contribution in [0.4, 0.5) is 0 Å². The molecular weight excluding hydrogens is 254 g/mol. The molecule has 0 atom stereocenters. The number of carbonyl (C=O) groups excluding carboxylic acids is 1. The minimum atomic E-state index is 0.164. The van der Waals surface area contributed by atoms with Crippen molar-refractivity contribution in [2.24, 2.45) is 28.6 Å². The Kier molecular flexibility index (Phi) is 6.82. The first kappa shape index (κ1) is 16.8. The zero-order valence-electron chi connectivity index (χ0n) is 13.0. The second-order valence-electron chi connectivity index (χ2n) is 6.48.